The molecule has 1 aromatic rings. The van der Waals surface area contributed by atoms with Crippen molar-refractivity contribution in [1.82, 2.24) is 15.1 Å². The van der Waals surface area contributed by atoms with Crippen molar-refractivity contribution in [3.05, 3.63) is 35.9 Å². The Bertz CT molecular complexity index is 604. The summed E-state index contributed by atoms with van der Waals surface area (Å²) < 4.78 is 5.96. The molecule has 2 saturated heterocycles. The van der Waals surface area contributed by atoms with Crippen LogP contribution in [0, 0.1) is 11.8 Å². The Morgan fingerprint density at radius 1 is 1.21 bits per heavy atom. The summed E-state index contributed by atoms with van der Waals surface area (Å²) in [5, 5.41) is 3.65. The molecule has 156 valence electrons. The van der Waals surface area contributed by atoms with Crippen LogP contribution in [0.5, 0.6) is 0 Å². The number of likely N-dealkylation sites (tertiary alicyclic amines) is 2. The van der Waals surface area contributed by atoms with E-state index >= 15 is 0 Å². The van der Waals surface area contributed by atoms with E-state index in [1.54, 1.807) is 0 Å². The zero-order valence-electron chi connectivity index (χ0n) is 17.9. The lowest BCUT2D eigenvalue weighted by molar-refractivity contribution is 0.0906. The maximum atomic E-state index is 5.96. The summed E-state index contributed by atoms with van der Waals surface area (Å²) in [6, 6.07) is 11.1. The molecule has 2 heterocycles. The fraction of sp³-hybridized carbons (Fsp3) is 0.696. The molecule has 0 saturated carbocycles. The molecule has 2 aliphatic heterocycles. The third-order valence-corrected chi connectivity index (χ3v) is 5.86. The highest BCUT2D eigenvalue weighted by atomic mass is 16.5. The number of guanidine groups is 1. The van der Waals surface area contributed by atoms with E-state index in [2.05, 4.69) is 58.2 Å². The smallest absolute Gasteiger partial charge is 0.193 e. The Morgan fingerprint density at radius 2 is 2.04 bits per heavy atom. The van der Waals surface area contributed by atoms with Gasteiger partial charge in [0, 0.05) is 45.2 Å². The molecule has 5 nitrogen and oxygen atoms in total. The molecule has 0 aliphatic carbocycles. The lowest BCUT2D eigenvalue weighted by Crippen LogP contribution is -2.46. The van der Waals surface area contributed by atoms with Crippen molar-refractivity contribution >= 4 is 5.96 Å². The van der Waals surface area contributed by atoms with Gasteiger partial charge in [-0.2, -0.15) is 0 Å². The fourth-order valence-corrected chi connectivity index (χ4v) is 4.46. The van der Waals surface area contributed by atoms with E-state index in [0.29, 0.717) is 18.6 Å². The molecule has 0 radical (unpaired) electrons. The lowest BCUT2D eigenvalue weighted by Gasteiger charge is -2.28. The minimum absolute atomic E-state index is 0.589. The third-order valence-electron chi connectivity index (χ3n) is 5.86. The molecular weight excluding hydrogens is 348 g/mol. The van der Waals surface area contributed by atoms with Crippen LogP contribution in [-0.4, -0.2) is 68.2 Å². The fourth-order valence-electron chi connectivity index (χ4n) is 4.46. The Morgan fingerprint density at radius 3 is 2.79 bits per heavy atom. The molecule has 0 aromatic heterocycles. The molecule has 28 heavy (non-hydrogen) atoms. The maximum Gasteiger partial charge on any atom is 0.193 e. The predicted octanol–water partition coefficient (Wildman–Crippen LogP) is 3.22. The van der Waals surface area contributed by atoms with Gasteiger partial charge >= 0.3 is 0 Å². The number of hydrogen-bond donors (Lipinski definition) is 1. The summed E-state index contributed by atoms with van der Waals surface area (Å²) in [6.45, 7) is 11.7. The molecule has 2 fully saturated rings. The normalized spacial score (nSPS) is 23.7. The Hall–Kier alpha value is -1.59. The Kier molecular flexibility index (Phi) is 8.16. The van der Waals surface area contributed by atoms with E-state index in [1.165, 1.54) is 37.9 Å². The molecule has 1 unspecified atom stereocenters. The number of nitrogens with one attached hydrogen (secondary N) is 1. The predicted molar refractivity (Wildman–Crippen MR) is 117 cm³/mol. The highest BCUT2D eigenvalue weighted by Gasteiger charge is 2.28. The molecule has 0 amide bonds. The van der Waals surface area contributed by atoms with Crippen molar-refractivity contribution < 1.29 is 4.74 Å². The van der Waals surface area contributed by atoms with Crippen molar-refractivity contribution in [2.24, 2.45) is 16.8 Å². The molecule has 0 spiro atoms. The maximum absolute atomic E-state index is 5.96. The minimum Gasteiger partial charge on any atom is -0.376 e. The first-order valence-corrected chi connectivity index (χ1v) is 11.0. The molecule has 2 aliphatic rings. The number of rotatable bonds is 8. The molecule has 1 N–H and O–H groups in total. The molecule has 5 heteroatoms. The Balaban J connectivity index is 1.39. The molecule has 1 aromatic carbocycles. The highest BCUT2D eigenvalue weighted by Crippen LogP contribution is 2.20. The van der Waals surface area contributed by atoms with Crippen LogP contribution in [0.1, 0.15) is 38.7 Å². The van der Waals surface area contributed by atoms with Crippen LogP contribution in [0.15, 0.2) is 35.3 Å². The van der Waals surface area contributed by atoms with E-state index in [0.717, 1.165) is 38.1 Å². The van der Waals surface area contributed by atoms with Gasteiger partial charge in [0.05, 0.1) is 13.2 Å². The largest absolute Gasteiger partial charge is 0.376 e. The lowest BCUT2D eigenvalue weighted by atomic mass is 10.1. The van der Waals surface area contributed by atoms with Crippen molar-refractivity contribution in [3.63, 3.8) is 0 Å². The Labute approximate surface area is 171 Å². The summed E-state index contributed by atoms with van der Waals surface area (Å²) >= 11 is 0. The van der Waals surface area contributed by atoms with Gasteiger partial charge < -0.3 is 15.0 Å². The summed E-state index contributed by atoms with van der Waals surface area (Å²) in [5.41, 5.74) is 1.25. The molecule has 2 atom stereocenters. The average Bonchev–Trinajstić information content (AvgIpc) is 3.33. The molecular formula is C23H38N4O. The van der Waals surface area contributed by atoms with Crippen LogP contribution < -0.4 is 5.32 Å². The van der Waals surface area contributed by atoms with Crippen LogP contribution in [-0.2, 0) is 11.3 Å². The number of hydrogen-bond acceptors (Lipinski definition) is 3. The van der Waals surface area contributed by atoms with Gasteiger partial charge in [0.25, 0.3) is 0 Å². The van der Waals surface area contributed by atoms with Crippen molar-refractivity contribution in [2.45, 2.75) is 45.8 Å². The first kappa shape index (κ1) is 21.1. The van der Waals surface area contributed by atoms with E-state index in [9.17, 15) is 0 Å². The van der Waals surface area contributed by atoms with E-state index in [4.69, 9.17) is 4.74 Å². The first-order chi connectivity index (χ1) is 13.7. The average molecular weight is 387 g/mol. The van der Waals surface area contributed by atoms with Crippen LogP contribution in [0.2, 0.25) is 0 Å². The van der Waals surface area contributed by atoms with Gasteiger partial charge in [0.1, 0.15) is 0 Å². The van der Waals surface area contributed by atoms with Gasteiger partial charge in [0.15, 0.2) is 5.96 Å². The van der Waals surface area contributed by atoms with Gasteiger partial charge in [-0.15, -0.1) is 0 Å². The van der Waals surface area contributed by atoms with Gasteiger partial charge in [-0.25, -0.2) is 0 Å². The number of nitrogens with zero attached hydrogens (tertiary/aromatic N) is 3. The second-order valence-corrected chi connectivity index (χ2v) is 8.71. The zero-order valence-corrected chi connectivity index (χ0v) is 17.9. The van der Waals surface area contributed by atoms with Gasteiger partial charge in [0.2, 0.25) is 0 Å². The standard InChI is InChI=1S/C23H38N4O/c1-19(2)15-26-12-7-10-22(26)14-25-23(24-3)27-13-11-21(16-27)18-28-17-20-8-5-4-6-9-20/h4-6,8-9,19,21-22H,7,10-18H2,1-3H3,(H,24,25)/t21?,22-/m1/s1. The van der Waals surface area contributed by atoms with Crippen LogP contribution in [0.3, 0.4) is 0 Å². The minimum atomic E-state index is 0.589. The van der Waals surface area contributed by atoms with Gasteiger partial charge in [-0.05, 0) is 37.3 Å². The topological polar surface area (TPSA) is 40.1 Å². The van der Waals surface area contributed by atoms with Gasteiger partial charge in [-0.1, -0.05) is 44.2 Å². The monoisotopic (exact) mass is 386 g/mol. The SMILES string of the molecule is CN=C(NC[C@H]1CCCN1CC(C)C)N1CCC(COCc2ccccc2)C1. The van der Waals surface area contributed by atoms with Crippen molar-refractivity contribution in [2.75, 3.05) is 46.4 Å². The van der Waals surface area contributed by atoms with Gasteiger partial charge in [-0.3, -0.25) is 9.89 Å². The van der Waals surface area contributed by atoms with Crippen molar-refractivity contribution in [3.8, 4) is 0 Å². The van der Waals surface area contributed by atoms with Crippen LogP contribution >= 0.6 is 0 Å². The zero-order chi connectivity index (χ0) is 19.8. The molecule has 3 rings (SSSR count). The molecule has 0 bridgehead atoms. The number of aliphatic imine (C=N–C) groups is 1. The quantitative estimate of drug-likeness (QED) is 0.550. The summed E-state index contributed by atoms with van der Waals surface area (Å²) in [7, 11) is 1.90. The van der Waals surface area contributed by atoms with E-state index in [-0.39, 0.29) is 0 Å². The number of ether oxygens (including phenoxy) is 1. The van der Waals surface area contributed by atoms with Crippen LogP contribution in [0.25, 0.3) is 0 Å². The second-order valence-electron chi connectivity index (χ2n) is 8.71. The third kappa shape index (κ3) is 6.21. The van der Waals surface area contributed by atoms with Crippen LogP contribution in [0.4, 0.5) is 0 Å². The van der Waals surface area contributed by atoms with E-state index < -0.39 is 0 Å². The number of benzene rings is 1. The van der Waals surface area contributed by atoms with Crippen molar-refractivity contribution in [1.29, 1.82) is 0 Å². The second kappa shape index (κ2) is 10.8. The highest BCUT2D eigenvalue weighted by molar-refractivity contribution is 5.80. The summed E-state index contributed by atoms with van der Waals surface area (Å²) in [5.74, 6) is 2.38. The summed E-state index contributed by atoms with van der Waals surface area (Å²) in [6.07, 6.45) is 3.80. The summed E-state index contributed by atoms with van der Waals surface area (Å²) in [4.78, 5) is 9.60. The van der Waals surface area contributed by atoms with E-state index in [1.807, 2.05) is 13.1 Å². The first-order valence-electron chi connectivity index (χ1n) is 11.0.